The molecule has 160 valence electrons. The summed E-state index contributed by atoms with van der Waals surface area (Å²) >= 11 is 1.65. The number of piperazine rings is 1. The molecule has 5 nitrogen and oxygen atoms in total. The molecule has 31 heavy (non-hydrogen) atoms. The molecule has 0 atom stereocenters. The molecule has 1 aliphatic rings. The van der Waals surface area contributed by atoms with Crippen LogP contribution in [0.5, 0.6) is 0 Å². The minimum Gasteiger partial charge on any atom is -0.336 e. The van der Waals surface area contributed by atoms with Crippen molar-refractivity contribution in [2.24, 2.45) is 0 Å². The van der Waals surface area contributed by atoms with Gasteiger partial charge in [-0.2, -0.15) is 0 Å². The Morgan fingerprint density at radius 1 is 0.903 bits per heavy atom. The average molecular weight is 433 g/mol. The number of hydrogen-bond acceptors (Lipinski definition) is 5. The number of rotatable bonds is 6. The van der Waals surface area contributed by atoms with Crippen molar-refractivity contribution >= 4 is 17.7 Å². The van der Waals surface area contributed by atoms with Gasteiger partial charge in [-0.25, -0.2) is 0 Å². The maximum Gasteiger partial charge on any atom is 0.253 e. The van der Waals surface area contributed by atoms with E-state index < -0.39 is 0 Å². The predicted octanol–water partition coefficient (Wildman–Crippen LogP) is 4.52. The van der Waals surface area contributed by atoms with Gasteiger partial charge in [-0.05, 0) is 43.3 Å². The summed E-state index contributed by atoms with van der Waals surface area (Å²) in [7, 11) is 0. The summed E-state index contributed by atoms with van der Waals surface area (Å²) in [4.78, 5) is 17.1. The number of benzene rings is 2. The predicted molar refractivity (Wildman–Crippen MR) is 126 cm³/mol. The summed E-state index contributed by atoms with van der Waals surface area (Å²) in [5.41, 5.74) is 5.12. The topological polar surface area (TPSA) is 49.3 Å². The maximum atomic E-state index is 12.7. The third-order valence-corrected chi connectivity index (χ3v) is 6.67. The van der Waals surface area contributed by atoms with E-state index >= 15 is 0 Å². The van der Waals surface area contributed by atoms with Crippen LogP contribution in [0, 0.1) is 6.92 Å². The summed E-state index contributed by atoms with van der Waals surface area (Å²) in [6, 6.07) is 20.3. The van der Waals surface area contributed by atoms with Crippen molar-refractivity contribution in [3.8, 4) is 11.3 Å². The Morgan fingerprint density at radius 2 is 1.61 bits per heavy atom. The second-order valence-electron chi connectivity index (χ2n) is 7.83. The van der Waals surface area contributed by atoms with Crippen LogP contribution in [0.25, 0.3) is 11.3 Å². The monoisotopic (exact) mass is 432 g/mol. The van der Waals surface area contributed by atoms with E-state index in [4.69, 9.17) is 0 Å². The Labute approximate surface area is 188 Å². The molecule has 2 heterocycles. The number of nitrogens with zero attached hydrogens (tertiary/aromatic N) is 4. The molecule has 1 fully saturated rings. The zero-order valence-electron chi connectivity index (χ0n) is 18.1. The van der Waals surface area contributed by atoms with Crippen LogP contribution in [0.4, 0.5) is 0 Å². The van der Waals surface area contributed by atoms with Crippen molar-refractivity contribution in [3.63, 3.8) is 0 Å². The van der Waals surface area contributed by atoms with Gasteiger partial charge in [0.05, 0.1) is 5.69 Å². The van der Waals surface area contributed by atoms with Gasteiger partial charge in [0.1, 0.15) is 5.03 Å². The number of carbonyl (C=O) groups excluding carboxylic acids is 1. The largest absolute Gasteiger partial charge is 0.336 e. The Morgan fingerprint density at radius 3 is 2.23 bits per heavy atom. The lowest BCUT2D eigenvalue weighted by Crippen LogP contribution is -2.48. The van der Waals surface area contributed by atoms with Gasteiger partial charge in [0.25, 0.3) is 5.91 Å². The fourth-order valence-electron chi connectivity index (χ4n) is 3.63. The van der Waals surface area contributed by atoms with Crippen molar-refractivity contribution in [1.82, 2.24) is 20.0 Å². The van der Waals surface area contributed by atoms with Crippen molar-refractivity contribution in [3.05, 3.63) is 77.4 Å². The lowest BCUT2D eigenvalue weighted by Gasteiger charge is -2.34. The number of carbonyl (C=O) groups is 1. The minimum atomic E-state index is 0.132. The fraction of sp³-hybridized carbons (Fsp3) is 0.320. The van der Waals surface area contributed by atoms with Gasteiger partial charge in [0.2, 0.25) is 0 Å². The maximum absolute atomic E-state index is 12.7. The zero-order chi connectivity index (χ0) is 21.6. The van der Waals surface area contributed by atoms with Crippen molar-refractivity contribution in [2.75, 3.05) is 32.7 Å². The number of hydrogen-bond donors (Lipinski definition) is 0. The highest BCUT2D eigenvalue weighted by molar-refractivity contribution is 7.98. The minimum absolute atomic E-state index is 0.132. The second kappa shape index (κ2) is 10.1. The molecular weight excluding hydrogens is 404 g/mol. The molecule has 0 unspecified atom stereocenters. The lowest BCUT2D eigenvalue weighted by atomic mass is 10.1. The smallest absolute Gasteiger partial charge is 0.253 e. The summed E-state index contributed by atoms with van der Waals surface area (Å²) < 4.78 is 0. The summed E-state index contributed by atoms with van der Waals surface area (Å²) in [5.74, 6) is 0.926. The molecule has 1 saturated heterocycles. The van der Waals surface area contributed by atoms with Crippen LogP contribution < -0.4 is 0 Å². The van der Waals surface area contributed by atoms with E-state index in [0.717, 1.165) is 60.3 Å². The van der Waals surface area contributed by atoms with Gasteiger partial charge in [-0.1, -0.05) is 60.6 Å². The van der Waals surface area contributed by atoms with E-state index in [2.05, 4.69) is 53.2 Å². The third kappa shape index (κ3) is 5.51. The average Bonchev–Trinajstić information content (AvgIpc) is 2.83. The van der Waals surface area contributed by atoms with E-state index in [9.17, 15) is 4.79 Å². The summed E-state index contributed by atoms with van der Waals surface area (Å²) in [5, 5.41) is 9.62. The highest BCUT2D eigenvalue weighted by Crippen LogP contribution is 2.23. The highest BCUT2D eigenvalue weighted by atomic mass is 32.2. The summed E-state index contributed by atoms with van der Waals surface area (Å²) in [6.45, 7) is 8.82. The lowest BCUT2D eigenvalue weighted by molar-refractivity contribution is 0.0643. The first-order valence-electron chi connectivity index (χ1n) is 10.8. The van der Waals surface area contributed by atoms with Gasteiger partial charge < -0.3 is 9.80 Å². The third-order valence-electron chi connectivity index (χ3n) is 5.68. The molecule has 1 amide bonds. The quantitative estimate of drug-likeness (QED) is 0.536. The molecule has 0 saturated carbocycles. The zero-order valence-corrected chi connectivity index (χ0v) is 18.9. The van der Waals surface area contributed by atoms with Gasteiger partial charge >= 0.3 is 0 Å². The molecule has 6 heteroatoms. The normalized spacial score (nSPS) is 14.6. The van der Waals surface area contributed by atoms with Crippen LogP contribution in [0.3, 0.4) is 0 Å². The Bertz CT molecular complexity index is 995. The Kier molecular flexibility index (Phi) is 6.99. The molecule has 0 bridgehead atoms. The van der Waals surface area contributed by atoms with Crippen LogP contribution in [0.1, 0.15) is 28.4 Å². The molecule has 0 aliphatic carbocycles. The molecule has 2 aromatic carbocycles. The first-order chi connectivity index (χ1) is 15.1. The van der Waals surface area contributed by atoms with Gasteiger partial charge in [0.15, 0.2) is 0 Å². The van der Waals surface area contributed by atoms with E-state index in [1.807, 2.05) is 41.3 Å². The number of amides is 1. The standard InChI is InChI=1S/C25H28N4OS/c1-3-28-14-16-29(17-15-28)25(30)22-10-6-20(7-11-22)18-31-24-13-12-23(26-27-24)21-8-4-19(2)5-9-21/h4-13H,3,14-18H2,1-2H3. The van der Waals surface area contributed by atoms with E-state index in [1.54, 1.807) is 11.8 Å². The van der Waals surface area contributed by atoms with E-state index in [1.165, 1.54) is 11.1 Å². The van der Waals surface area contributed by atoms with Gasteiger partial charge in [0, 0.05) is 43.1 Å². The summed E-state index contributed by atoms with van der Waals surface area (Å²) in [6.07, 6.45) is 0. The second-order valence-corrected chi connectivity index (χ2v) is 8.83. The molecule has 0 N–H and O–H groups in total. The van der Waals surface area contributed by atoms with E-state index in [0.29, 0.717) is 0 Å². The number of aromatic nitrogens is 2. The van der Waals surface area contributed by atoms with Crippen LogP contribution in [-0.4, -0.2) is 58.6 Å². The van der Waals surface area contributed by atoms with Crippen LogP contribution in [0.15, 0.2) is 65.7 Å². The molecule has 0 spiro atoms. The van der Waals surface area contributed by atoms with E-state index in [-0.39, 0.29) is 5.91 Å². The molecule has 3 aromatic rings. The SMILES string of the molecule is CCN1CCN(C(=O)c2ccc(CSc3ccc(-c4ccc(C)cc4)nn3)cc2)CC1. The van der Waals surface area contributed by atoms with Crippen molar-refractivity contribution in [2.45, 2.75) is 24.6 Å². The molecule has 1 aromatic heterocycles. The van der Waals surface area contributed by atoms with Crippen LogP contribution >= 0.6 is 11.8 Å². The van der Waals surface area contributed by atoms with Crippen molar-refractivity contribution in [1.29, 1.82) is 0 Å². The fourth-order valence-corrected chi connectivity index (χ4v) is 4.40. The number of aryl methyl sites for hydroxylation is 1. The first-order valence-corrected chi connectivity index (χ1v) is 11.7. The number of likely N-dealkylation sites (N-methyl/N-ethyl adjacent to an activating group) is 1. The highest BCUT2D eigenvalue weighted by Gasteiger charge is 2.21. The van der Waals surface area contributed by atoms with Crippen LogP contribution in [-0.2, 0) is 5.75 Å². The molecule has 4 rings (SSSR count). The Balaban J connectivity index is 1.31. The van der Waals surface area contributed by atoms with Gasteiger partial charge in [-0.3, -0.25) is 4.79 Å². The Hall–Kier alpha value is -2.70. The van der Waals surface area contributed by atoms with Crippen molar-refractivity contribution < 1.29 is 4.79 Å². The number of thioether (sulfide) groups is 1. The molecule has 0 radical (unpaired) electrons. The molecule has 1 aliphatic heterocycles. The first kappa shape index (κ1) is 21.5. The molecular formula is C25H28N4OS. The van der Waals surface area contributed by atoms with Gasteiger partial charge in [-0.15, -0.1) is 10.2 Å². The van der Waals surface area contributed by atoms with Crippen LogP contribution in [0.2, 0.25) is 0 Å².